The molecule has 0 amide bonds. The van der Waals surface area contributed by atoms with Crippen LogP contribution in [0.5, 0.6) is 5.75 Å². The van der Waals surface area contributed by atoms with Gasteiger partial charge in [0.05, 0.1) is 7.11 Å². The summed E-state index contributed by atoms with van der Waals surface area (Å²) in [7, 11) is 1.75. The van der Waals surface area contributed by atoms with Crippen LogP contribution in [0.25, 0.3) is 0 Å². The summed E-state index contributed by atoms with van der Waals surface area (Å²) in [5, 5.41) is 3.80. The number of hydrogen-bond donors (Lipinski definition) is 1. The topological polar surface area (TPSA) is 21.3 Å². The van der Waals surface area contributed by atoms with Crippen LogP contribution >= 0.6 is 0 Å². The van der Waals surface area contributed by atoms with Gasteiger partial charge in [0, 0.05) is 12.6 Å². The Balaban J connectivity index is 1.91. The van der Waals surface area contributed by atoms with E-state index in [-0.39, 0.29) is 0 Å². The van der Waals surface area contributed by atoms with Crippen molar-refractivity contribution in [2.75, 3.05) is 13.7 Å². The molecule has 0 spiro atoms. The molecule has 1 atom stereocenters. The van der Waals surface area contributed by atoms with Crippen molar-refractivity contribution in [2.24, 2.45) is 5.41 Å². The molecule has 0 aliphatic heterocycles. The van der Waals surface area contributed by atoms with Gasteiger partial charge in [-0.15, -0.1) is 0 Å². The number of methoxy groups -OCH3 is 1. The number of rotatable bonds is 8. The van der Waals surface area contributed by atoms with Crippen LogP contribution in [-0.2, 0) is 6.42 Å². The van der Waals surface area contributed by atoms with Crippen LogP contribution in [0.15, 0.2) is 18.2 Å². The molecular weight excluding hydrogens is 258 g/mol. The molecule has 1 N–H and O–H groups in total. The lowest BCUT2D eigenvalue weighted by Crippen LogP contribution is -2.31. The highest BCUT2D eigenvalue weighted by molar-refractivity contribution is 5.40. The van der Waals surface area contributed by atoms with Crippen molar-refractivity contribution in [3.8, 4) is 5.75 Å². The molecule has 1 aromatic rings. The number of fused-ring (bicyclic) bond motifs is 1. The Labute approximate surface area is 130 Å². The van der Waals surface area contributed by atoms with E-state index in [0.717, 1.165) is 12.3 Å². The van der Waals surface area contributed by atoms with E-state index in [9.17, 15) is 0 Å². The smallest absolute Gasteiger partial charge is 0.119 e. The Morgan fingerprint density at radius 2 is 2.10 bits per heavy atom. The van der Waals surface area contributed by atoms with Gasteiger partial charge in [-0.25, -0.2) is 0 Å². The zero-order valence-electron chi connectivity index (χ0n) is 14.2. The summed E-state index contributed by atoms with van der Waals surface area (Å²) in [5.74, 6) is 0.977. The molecule has 1 aliphatic carbocycles. The van der Waals surface area contributed by atoms with Gasteiger partial charge in [0.2, 0.25) is 0 Å². The number of hydrogen-bond acceptors (Lipinski definition) is 2. The van der Waals surface area contributed by atoms with Crippen LogP contribution in [0.3, 0.4) is 0 Å². The average molecular weight is 289 g/mol. The highest BCUT2D eigenvalue weighted by atomic mass is 16.5. The molecule has 0 saturated carbocycles. The molecule has 2 nitrogen and oxygen atoms in total. The molecule has 1 aliphatic rings. The number of benzene rings is 1. The second kappa shape index (κ2) is 7.31. The summed E-state index contributed by atoms with van der Waals surface area (Å²) in [6.07, 6.45) is 7.72. The van der Waals surface area contributed by atoms with Gasteiger partial charge in [-0.1, -0.05) is 46.1 Å². The van der Waals surface area contributed by atoms with Gasteiger partial charge in [-0.05, 0) is 47.9 Å². The molecule has 0 radical (unpaired) electrons. The molecule has 118 valence electrons. The van der Waals surface area contributed by atoms with Crippen LogP contribution < -0.4 is 10.1 Å². The second-order valence-corrected chi connectivity index (χ2v) is 7.16. The zero-order valence-corrected chi connectivity index (χ0v) is 14.2. The Morgan fingerprint density at radius 1 is 1.29 bits per heavy atom. The first-order valence-corrected chi connectivity index (χ1v) is 8.46. The lowest BCUT2D eigenvalue weighted by molar-refractivity contribution is 0.287. The van der Waals surface area contributed by atoms with Crippen molar-refractivity contribution in [2.45, 2.75) is 65.3 Å². The highest BCUT2D eigenvalue weighted by Crippen LogP contribution is 2.34. The molecule has 2 rings (SSSR count). The van der Waals surface area contributed by atoms with E-state index < -0.39 is 0 Å². The largest absolute Gasteiger partial charge is 0.497 e. The maximum Gasteiger partial charge on any atom is 0.119 e. The van der Waals surface area contributed by atoms with E-state index in [4.69, 9.17) is 4.74 Å². The van der Waals surface area contributed by atoms with Crippen molar-refractivity contribution < 1.29 is 4.74 Å². The summed E-state index contributed by atoms with van der Waals surface area (Å²) < 4.78 is 5.37. The maximum absolute atomic E-state index is 5.37. The van der Waals surface area contributed by atoms with E-state index in [2.05, 4.69) is 44.3 Å². The van der Waals surface area contributed by atoms with Gasteiger partial charge in [0.1, 0.15) is 5.75 Å². The van der Waals surface area contributed by atoms with Crippen LogP contribution in [0.1, 0.15) is 70.0 Å². The van der Waals surface area contributed by atoms with Gasteiger partial charge in [0.25, 0.3) is 0 Å². The Kier molecular flexibility index (Phi) is 5.69. The number of aryl methyl sites for hydroxylation is 1. The molecule has 0 aromatic heterocycles. The molecule has 1 aromatic carbocycles. The fraction of sp³-hybridized carbons (Fsp3) is 0.684. The van der Waals surface area contributed by atoms with Gasteiger partial charge in [-0.3, -0.25) is 0 Å². The van der Waals surface area contributed by atoms with E-state index in [1.165, 1.54) is 49.7 Å². The van der Waals surface area contributed by atoms with Crippen molar-refractivity contribution in [3.63, 3.8) is 0 Å². The normalized spacial score (nSPS) is 17.8. The third-order valence-corrected chi connectivity index (χ3v) is 4.71. The van der Waals surface area contributed by atoms with Crippen molar-refractivity contribution >= 4 is 0 Å². The van der Waals surface area contributed by atoms with Crippen LogP contribution in [-0.4, -0.2) is 13.7 Å². The number of nitrogens with one attached hydrogen (secondary N) is 1. The van der Waals surface area contributed by atoms with Crippen LogP contribution in [0.2, 0.25) is 0 Å². The Morgan fingerprint density at radius 3 is 2.81 bits per heavy atom. The minimum Gasteiger partial charge on any atom is -0.497 e. The lowest BCUT2D eigenvalue weighted by atomic mass is 9.86. The molecule has 2 heteroatoms. The molecule has 0 bridgehead atoms. The summed E-state index contributed by atoms with van der Waals surface area (Å²) in [6, 6.07) is 7.02. The monoisotopic (exact) mass is 289 g/mol. The van der Waals surface area contributed by atoms with Gasteiger partial charge >= 0.3 is 0 Å². The van der Waals surface area contributed by atoms with Gasteiger partial charge < -0.3 is 10.1 Å². The predicted octanol–water partition coefficient (Wildman–Crippen LogP) is 4.88. The maximum atomic E-state index is 5.37. The molecule has 21 heavy (non-hydrogen) atoms. The standard InChI is InChI=1S/C19H31NO/c1-5-6-7-12-19(2,3)14-20-18-11-9-15-8-10-16(21-4)13-17(15)18/h8,10,13,18,20H,5-7,9,11-12,14H2,1-4H3. The molecule has 0 heterocycles. The average Bonchev–Trinajstić information content (AvgIpc) is 2.87. The first-order chi connectivity index (χ1) is 10.1. The number of unbranched alkanes of at least 4 members (excludes halogenated alkanes) is 2. The third kappa shape index (κ3) is 4.47. The van der Waals surface area contributed by atoms with Crippen molar-refractivity contribution in [1.82, 2.24) is 5.32 Å². The molecule has 0 fully saturated rings. The fourth-order valence-electron chi connectivity index (χ4n) is 3.26. The predicted molar refractivity (Wildman–Crippen MR) is 90.0 cm³/mol. The Bertz CT molecular complexity index is 453. The highest BCUT2D eigenvalue weighted by Gasteiger charge is 2.25. The summed E-state index contributed by atoms with van der Waals surface area (Å²) in [6.45, 7) is 8.14. The van der Waals surface area contributed by atoms with Crippen LogP contribution in [0, 0.1) is 5.41 Å². The van der Waals surface area contributed by atoms with Crippen molar-refractivity contribution in [1.29, 1.82) is 0 Å². The van der Waals surface area contributed by atoms with E-state index in [0.29, 0.717) is 11.5 Å². The van der Waals surface area contributed by atoms with E-state index in [1.807, 2.05) is 0 Å². The lowest BCUT2D eigenvalue weighted by Gasteiger charge is -2.27. The van der Waals surface area contributed by atoms with Gasteiger partial charge in [-0.2, -0.15) is 0 Å². The first-order valence-electron chi connectivity index (χ1n) is 8.46. The fourth-order valence-corrected chi connectivity index (χ4v) is 3.26. The third-order valence-electron chi connectivity index (χ3n) is 4.71. The Hall–Kier alpha value is -1.02. The summed E-state index contributed by atoms with van der Waals surface area (Å²) >= 11 is 0. The SMILES string of the molecule is CCCCCC(C)(C)CNC1CCc2ccc(OC)cc21. The number of ether oxygens (including phenoxy) is 1. The zero-order chi connectivity index (χ0) is 15.3. The molecule has 0 saturated heterocycles. The van der Waals surface area contributed by atoms with E-state index in [1.54, 1.807) is 7.11 Å². The minimum absolute atomic E-state index is 0.386. The first kappa shape index (κ1) is 16.4. The van der Waals surface area contributed by atoms with Crippen LogP contribution in [0.4, 0.5) is 0 Å². The quantitative estimate of drug-likeness (QED) is 0.689. The molecular formula is C19H31NO. The summed E-state index contributed by atoms with van der Waals surface area (Å²) in [5.41, 5.74) is 3.31. The van der Waals surface area contributed by atoms with Crippen molar-refractivity contribution in [3.05, 3.63) is 29.3 Å². The minimum atomic E-state index is 0.386. The second-order valence-electron chi connectivity index (χ2n) is 7.16. The molecule has 1 unspecified atom stereocenters. The summed E-state index contributed by atoms with van der Waals surface area (Å²) in [4.78, 5) is 0. The van der Waals surface area contributed by atoms with E-state index >= 15 is 0 Å². The van der Waals surface area contributed by atoms with Gasteiger partial charge in [0.15, 0.2) is 0 Å².